The van der Waals surface area contributed by atoms with Crippen LogP contribution in [0.3, 0.4) is 0 Å². The van der Waals surface area contributed by atoms with Gasteiger partial charge in [-0.05, 0) is 49.7 Å². The molecule has 31 heavy (non-hydrogen) atoms. The van der Waals surface area contributed by atoms with E-state index in [1.807, 2.05) is 56.3 Å². The number of nitrogens with zero attached hydrogens (tertiary/aromatic N) is 2. The van der Waals surface area contributed by atoms with Gasteiger partial charge in [-0.2, -0.15) is 5.26 Å². The second-order valence-electron chi connectivity index (χ2n) is 7.58. The Bertz CT molecular complexity index is 1130. The molecule has 4 rings (SSSR count). The summed E-state index contributed by atoms with van der Waals surface area (Å²) in [5.41, 5.74) is 3.44. The van der Waals surface area contributed by atoms with Crippen LogP contribution in [0.25, 0.3) is 0 Å². The van der Waals surface area contributed by atoms with E-state index in [2.05, 4.69) is 10.6 Å². The van der Waals surface area contributed by atoms with Crippen LogP contribution >= 0.6 is 0 Å². The second kappa shape index (κ2) is 8.97. The molecule has 1 atom stereocenters. The van der Waals surface area contributed by atoms with Crippen molar-refractivity contribution >= 4 is 5.78 Å². The first-order valence-corrected chi connectivity index (χ1v) is 10.2. The highest BCUT2D eigenvalue weighted by molar-refractivity contribution is 5.98. The Labute approximate surface area is 181 Å². The predicted molar refractivity (Wildman–Crippen MR) is 116 cm³/mol. The summed E-state index contributed by atoms with van der Waals surface area (Å²) in [6.45, 7) is 4.94. The molecule has 1 aromatic heterocycles. The van der Waals surface area contributed by atoms with Gasteiger partial charge in [-0.1, -0.05) is 24.3 Å². The van der Waals surface area contributed by atoms with Crippen LogP contribution in [-0.4, -0.2) is 29.7 Å². The normalized spacial score (nSPS) is 14.7. The van der Waals surface area contributed by atoms with Crippen molar-refractivity contribution in [2.45, 2.75) is 32.9 Å². The van der Waals surface area contributed by atoms with Crippen molar-refractivity contribution < 1.29 is 19.0 Å². The molecule has 0 saturated heterocycles. The Morgan fingerprint density at radius 2 is 1.90 bits per heavy atom. The topological polar surface area (TPSA) is 73.5 Å². The quantitative estimate of drug-likeness (QED) is 0.538. The fraction of sp³-hybridized carbons (Fsp3) is 0.280. The maximum Gasteiger partial charge on any atom is 0.202 e. The van der Waals surface area contributed by atoms with E-state index in [1.165, 1.54) is 0 Å². The zero-order valence-electron chi connectivity index (χ0n) is 17.6. The summed E-state index contributed by atoms with van der Waals surface area (Å²) in [4.78, 5) is 12.8. The number of para-hydroxylation sites is 2. The van der Waals surface area contributed by atoms with Gasteiger partial charge in [0.2, 0.25) is 5.78 Å². The monoisotopic (exact) mass is 416 g/mol. The van der Waals surface area contributed by atoms with Gasteiger partial charge in [0.25, 0.3) is 0 Å². The van der Waals surface area contributed by atoms with E-state index in [-0.39, 0.29) is 18.5 Å². The summed E-state index contributed by atoms with van der Waals surface area (Å²) in [6.07, 6.45) is 0.220. The molecule has 1 aliphatic heterocycles. The Kier molecular flexibility index (Phi) is 5.94. The molecule has 2 aromatic carbocycles. The van der Waals surface area contributed by atoms with Gasteiger partial charge in [-0.3, -0.25) is 4.79 Å². The molecule has 6 nitrogen and oxygen atoms in total. The average molecular weight is 416 g/mol. The van der Waals surface area contributed by atoms with Crippen LogP contribution in [0.4, 0.5) is 0 Å². The third-order valence-corrected chi connectivity index (χ3v) is 5.40. The van der Waals surface area contributed by atoms with Gasteiger partial charge < -0.3 is 18.8 Å². The van der Waals surface area contributed by atoms with Crippen LogP contribution < -0.4 is 14.2 Å². The minimum atomic E-state index is -0.133. The largest absolute Gasteiger partial charge is 0.486 e. The minimum Gasteiger partial charge on any atom is -0.486 e. The van der Waals surface area contributed by atoms with Gasteiger partial charge >= 0.3 is 0 Å². The maximum atomic E-state index is 12.8. The summed E-state index contributed by atoms with van der Waals surface area (Å²) in [7, 11) is 0. The van der Waals surface area contributed by atoms with E-state index >= 15 is 0 Å². The van der Waals surface area contributed by atoms with E-state index in [0.717, 1.165) is 28.5 Å². The Morgan fingerprint density at radius 1 is 1.16 bits per heavy atom. The number of aromatic nitrogens is 1. The number of ketones is 1. The molecule has 0 aliphatic carbocycles. The molecular weight excluding hydrogens is 392 g/mol. The lowest BCUT2D eigenvalue weighted by Crippen LogP contribution is -2.33. The summed E-state index contributed by atoms with van der Waals surface area (Å²) < 4.78 is 19.6. The Balaban J connectivity index is 1.40. The number of ether oxygens (including phenoxy) is 3. The second-order valence-corrected chi connectivity index (χ2v) is 7.58. The zero-order chi connectivity index (χ0) is 21.8. The van der Waals surface area contributed by atoms with Crippen molar-refractivity contribution in [3.05, 3.63) is 77.1 Å². The van der Waals surface area contributed by atoms with Gasteiger partial charge in [-0.25, -0.2) is 0 Å². The summed E-state index contributed by atoms with van der Waals surface area (Å²) >= 11 is 0. The van der Waals surface area contributed by atoms with Gasteiger partial charge in [0.05, 0.1) is 19.0 Å². The highest BCUT2D eigenvalue weighted by atomic mass is 16.6. The molecule has 0 N–H and O–H groups in total. The summed E-state index contributed by atoms with van der Waals surface area (Å²) in [5.74, 6) is 2.03. The van der Waals surface area contributed by atoms with E-state index in [1.54, 1.807) is 12.1 Å². The van der Waals surface area contributed by atoms with Crippen LogP contribution in [0.15, 0.2) is 54.6 Å². The van der Waals surface area contributed by atoms with E-state index in [4.69, 9.17) is 19.5 Å². The number of aryl methyl sites for hydroxylation is 1. The fourth-order valence-corrected chi connectivity index (χ4v) is 3.74. The molecule has 0 saturated carbocycles. The maximum absolute atomic E-state index is 12.8. The molecule has 2 heterocycles. The molecule has 158 valence electrons. The van der Waals surface area contributed by atoms with Crippen molar-refractivity contribution in [2.75, 3.05) is 13.2 Å². The highest BCUT2D eigenvalue weighted by Gasteiger charge is 2.24. The summed E-state index contributed by atoms with van der Waals surface area (Å²) in [6, 6.07) is 18.9. The molecule has 0 radical (unpaired) electrons. The lowest BCUT2D eigenvalue weighted by molar-refractivity contribution is 0.0777. The van der Waals surface area contributed by atoms with Crippen molar-refractivity contribution in [3.8, 4) is 23.3 Å². The number of fused-ring (bicyclic) bond motifs is 1. The lowest BCUT2D eigenvalue weighted by Gasteiger charge is -2.27. The molecule has 6 heteroatoms. The van der Waals surface area contributed by atoms with E-state index in [9.17, 15) is 4.79 Å². The Morgan fingerprint density at radius 3 is 2.65 bits per heavy atom. The van der Waals surface area contributed by atoms with Crippen molar-refractivity contribution in [1.82, 2.24) is 4.57 Å². The van der Waals surface area contributed by atoms with Crippen LogP contribution in [0.5, 0.6) is 17.2 Å². The fourth-order valence-electron chi connectivity index (χ4n) is 3.74. The Hall–Kier alpha value is -3.72. The molecular formula is C25H24N2O4. The third-order valence-electron chi connectivity index (χ3n) is 5.40. The molecule has 0 unspecified atom stereocenters. The lowest BCUT2D eigenvalue weighted by atomic mass is 10.1. The van der Waals surface area contributed by atoms with Crippen molar-refractivity contribution in [2.24, 2.45) is 0 Å². The molecule has 0 bridgehead atoms. The number of rotatable bonds is 7. The molecule has 1 aliphatic rings. The summed E-state index contributed by atoms with van der Waals surface area (Å²) in [5, 5.41) is 8.75. The van der Waals surface area contributed by atoms with Crippen LogP contribution in [0.2, 0.25) is 0 Å². The first-order chi connectivity index (χ1) is 15.0. The van der Waals surface area contributed by atoms with Crippen LogP contribution in [0, 0.1) is 25.2 Å². The standard InChI is InChI=1S/C25H24N2O4/c1-17-13-22(23(28)16-29-20-9-7-19(8-10-20)11-12-26)18(2)27(17)14-21-15-30-24-5-3-4-6-25(24)31-21/h3-10,13,21H,11,14-16H2,1-2H3/t21-/m0/s1. The number of benzene rings is 2. The number of nitriles is 1. The number of carbonyl (C=O) groups excluding carboxylic acids is 1. The zero-order valence-corrected chi connectivity index (χ0v) is 17.6. The minimum absolute atomic E-state index is 0.0433. The van der Waals surface area contributed by atoms with Crippen molar-refractivity contribution in [1.29, 1.82) is 5.26 Å². The smallest absolute Gasteiger partial charge is 0.202 e. The number of hydrogen-bond acceptors (Lipinski definition) is 5. The van der Waals surface area contributed by atoms with Gasteiger partial charge in [0, 0.05) is 17.0 Å². The third kappa shape index (κ3) is 4.56. The van der Waals surface area contributed by atoms with Gasteiger partial charge in [0.15, 0.2) is 24.2 Å². The SMILES string of the molecule is Cc1cc(C(=O)COc2ccc(CC#N)cc2)c(C)n1C[C@H]1COc2ccccc2O1. The van der Waals surface area contributed by atoms with Crippen LogP contribution in [0.1, 0.15) is 27.3 Å². The van der Waals surface area contributed by atoms with E-state index in [0.29, 0.717) is 30.9 Å². The highest BCUT2D eigenvalue weighted by Crippen LogP contribution is 2.31. The predicted octanol–water partition coefficient (Wildman–Crippen LogP) is 4.27. The number of hydrogen-bond donors (Lipinski definition) is 0. The van der Waals surface area contributed by atoms with Gasteiger partial charge in [0.1, 0.15) is 12.4 Å². The molecule has 3 aromatic rings. The molecule has 0 fully saturated rings. The van der Waals surface area contributed by atoms with Crippen LogP contribution in [-0.2, 0) is 13.0 Å². The molecule has 0 amide bonds. The molecule has 0 spiro atoms. The number of Topliss-reactive ketones (excluding diaryl/α,β-unsaturated/α-hetero) is 1. The van der Waals surface area contributed by atoms with E-state index < -0.39 is 0 Å². The van der Waals surface area contributed by atoms with Gasteiger partial charge in [-0.15, -0.1) is 0 Å². The van der Waals surface area contributed by atoms with Crippen molar-refractivity contribution in [3.63, 3.8) is 0 Å². The first-order valence-electron chi connectivity index (χ1n) is 10.2. The number of carbonyl (C=O) groups is 1. The first kappa shape index (κ1) is 20.5. The average Bonchev–Trinajstić information content (AvgIpc) is 3.07.